The van der Waals surface area contributed by atoms with Crippen molar-refractivity contribution >= 4 is 5.82 Å². The molecule has 2 heterocycles. The van der Waals surface area contributed by atoms with E-state index in [1.165, 1.54) is 11.1 Å². The van der Waals surface area contributed by atoms with Crippen molar-refractivity contribution in [3.63, 3.8) is 0 Å². The highest BCUT2D eigenvalue weighted by molar-refractivity contribution is 5.47. The Morgan fingerprint density at radius 1 is 1.59 bits per heavy atom. The molecule has 94 valence electrons. The van der Waals surface area contributed by atoms with Gasteiger partial charge in [0, 0.05) is 26.4 Å². The van der Waals surface area contributed by atoms with Crippen LogP contribution in [0.3, 0.4) is 0 Å². The summed E-state index contributed by atoms with van der Waals surface area (Å²) in [6.07, 6.45) is 3.04. The Bertz CT molecular complexity index is 375. The van der Waals surface area contributed by atoms with Crippen LogP contribution in [0.4, 0.5) is 5.82 Å². The third-order valence-corrected chi connectivity index (χ3v) is 3.28. The van der Waals surface area contributed by atoms with Gasteiger partial charge in [-0.1, -0.05) is 0 Å². The molecule has 0 saturated carbocycles. The van der Waals surface area contributed by atoms with Gasteiger partial charge in [-0.15, -0.1) is 0 Å². The maximum absolute atomic E-state index is 5.42. The predicted molar refractivity (Wildman–Crippen MR) is 69.4 cm³/mol. The largest absolute Gasteiger partial charge is 0.379 e. The zero-order valence-corrected chi connectivity index (χ0v) is 10.9. The molecular formula is C13H21N3O. The van der Waals surface area contributed by atoms with E-state index in [2.05, 4.69) is 35.2 Å². The number of hydrogen-bond donors (Lipinski definition) is 1. The summed E-state index contributed by atoms with van der Waals surface area (Å²) in [7, 11) is 4.05. The summed E-state index contributed by atoms with van der Waals surface area (Å²) >= 11 is 0. The molecule has 2 rings (SSSR count). The van der Waals surface area contributed by atoms with Crippen LogP contribution in [0, 0.1) is 6.92 Å². The van der Waals surface area contributed by atoms with E-state index in [9.17, 15) is 0 Å². The lowest BCUT2D eigenvalue weighted by Gasteiger charge is -2.26. The average Bonchev–Trinajstić information content (AvgIpc) is 2.82. The topological polar surface area (TPSA) is 37.4 Å². The van der Waals surface area contributed by atoms with Crippen LogP contribution in [-0.4, -0.2) is 38.3 Å². The van der Waals surface area contributed by atoms with Gasteiger partial charge in [0.25, 0.3) is 0 Å². The Kier molecular flexibility index (Phi) is 3.97. The first-order valence-electron chi connectivity index (χ1n) is 6.13. The lowest BCUT2D eigenvalue weighted by Crippen LogP contribution is -2.33. The summed E-state index contributed by atoms with van der Waals surface area (Å²) in [6, 6.07) is 2.67. The van der Waals surface area contributed by atoms with Crippen molar-refractivity contribution in [1.82, 2.24) is 10.3 Å². The fraction of sp³-hybridized carbons (Fsp3) is 0.615. The molecule has 1 aromatic rings. The van der Waals surface area contributed by atoms with Crippen LogP contribution >= 0.6 is 0 Å². The molecule has 4 nitrogen and oxygen atoms in total. The standard InChI is InChI=1S/C13H21N3O/c1-10-6-11(7-14-2)8-15-13(10)16(3)12-4-5-17-9-12/h6,8,12,14H,4-5,7,9H2,1-3H3. The van der Waals surface area contributed by atoms with Crippen LogP contribution in [0.2, 0.25) is 0 Å². The maximum atomic E-state index is 5.42. The van der Waals surface area contributed by atoms with Crippen LogP contribution in [0.15, 0.2) is 12.3 Å². The molecular weight excluding hydrogens is 214 g/mol. The Morgan fingerprint density at radius 2 is 2.41 bits per heavy atom. The Balaban J connectivity index is 2.14. The van der Waals surface area contributed by atoms with Gasteiger partial charge in [0.15, 0.2) is 0 Å². The highest BCUT2D eigenvalue weighted by atomic mass is 16.5. The van der Waals surface area contributed by atoms with E-state index >= 15 is 0 Å². The smallest absolute Gasteiger partial charge is 0.131 e. The zero-order chi connectivity index (χ0) is 12.3. The number of anilines is 1. The molecule has 1 saturated heterocycles. The maximum Gasteiger partial charge on any atom is 0.131 e. The Hall–Kier alpha value is -1.13. The lowest BCUT2D eigenvalue weighted by atomic mass is 10.1. The van der Waals surface area contributed by atoms with Crippen molar-refractivity contribution in [2.24, 2.45) is 0 Å². The van der Waals surface area contributed by atoms with Gasteiger partial charge in [-0.2, -0.15) is 0 Å². The van der Waals surface area contributed by atoms with Gasteiger partial charge in [0.2, 0.25) is 0 Å². The summed E-state index contributed by atoms with van der Waals surface area (Å²) in [5.74, 6) is 1.07. The van der Waals surface area contributed by atoms with Crippen LogP contribution in [-0.2, 0) is 11.3 Å². The molecule has 0 aromatic carbocycles. The third kappa shape index (κ3) is 2.76. The molecule has 0 amide bonds. The van der Waals surface area contributed by atoms with E-state index in [0.717, 1.165) is 32.0 Å². The average molecular weight is 235 g/mol. The summed E-state index contributed by atoms with van der Waals surface area (Å²) in [6.45, 7) is 4.67. The number of aryl methyl sites for hydroxylation is 1. The minimum atomic E-state index is 0.469. The van der Waals surface area contributed by atoms with Crippen molar-refractivity contribution in [3.8, 4) is 0 Å². The third-order valence-electron chi connectivity index (χ3n) is 3.28. The summed E-state index contributed by atoms with van der Waals surface area (Å²) in [5, 5.41) is 3.14. The van der Waals surface area contributed by atoms with E-state index in [0.29, 0.717) is 6.04 Å². The summed E-state index contributed by atoms with van der Waals surface area (Å²) in [5.41, 5.74) is 2.46. The highest BCUT2D eigenvalue weighted by Gasteiger charge is 2.22. The minimum Gasteiger partial charge on any atom is -0.379 e. The molecule has 17 heavy (non-hydrogen) atoms. The van der Waals surface area contributed by atoms with E-state index in [-0.39, 0.29) is 0 Å². The fourth-order valence-electron chi connectivity index (χ4n) is 2.30. The molecule has 1 N–H and O–H groups in total. The van der Waals surface area contributed by atoms with Crippen molar-refractivity contribution in [2.75, 3.05) is 32.2 Å². The SMILES string of the molecule is CNCc1cnc(N(C)C2CCOC2)c(C)c1. The van der Waals surface area contributed by atoms with Gasteiger partial charge in [0.1, 0.15) is 5.82 Å². The van der Waals surface area contributed by atoms with Gasteiger partial charge in [-0.25, -0.2) is 4.98 Å². The lowest BCUT2D eigenvalue weighted by molar-refractivity contribution is 0.193. The van der Waals surface area contributed by atoms with Crippen LogP contribution in [0.25, 0.3) is 0 Å². The second-order valence-corrected chi connectivity index (χ2v) is 4.64. The number of aromatic nitrogens is 1. The van der Waals surface area contributed by atoms with Crippen molar-refractivity contribution in [3.05, 3.63) is 23.4 Å². The highest BCUT2D eigenvalue weighted by Crippen LogP contribution is 2.22. The first-order chi connectivity index (χ1) is 8.22. The summed E-state index contributed by atoms with van der Waals surface area (Å²) in [4.78, 5) is 6.81. The van der Waals surface area contributed by atoms with Gasteiger partial charge < -0.3 is 15.0 Å². The zero-order valence-electron chi connectivity index (χ0n) is 10.9. The Labute approximate surface area is 103 Å². The predicted octanol–water partition coefficient (Wildman–Crippen LogP) is 1.33. The van der Waals surface area contributed by atoms with Gasteiger partial charge in [0.05, 0.1) is 12.6 Å². The molecule has 0 bridgehead atoms. The molecule has 0 radical (unpaired) electrons. The van der Waals surface area contributed by atoms with Crippen molar-refractivity contribution in [2.45, 2.75) is 25.9 Å². The van der Waals surface area contributed by atoms with Gasteiger partial charge >= 0.3 is 0 Å². The number of nitrogens with one attached hydrogen (secondary N) is 1. The van der Waals surface area contributed by atoms with E-state index in [4.69, 9.17) is 4.74 Å². The molecule has 1 aliphatic rings. The summed E-state index contributed by atoms with van der Waals surface area (Å²) < 4.78 is 5.42. The molecule has 1 atom stereocenters. The van der Waals surface area contributed by atoms with E-state index in [1.807, 2.05) is 13.2 Å². The first kappa shape index (κ1) is 12.3. The Morgan fingerprint density at radius 3 is 3.00 bits per heavy atom. The normalized spacial score (nSPS) is 19.6. The van der Waals surface area contributed by atoms with Gasteiger partial charge in [-0.3, -0.25) is 0 Å². The number of rotatable bonds is 4. The fourth-order valence-corrected chi connectivity index (χ4v) is 2.30. The van der Waals surface area contributed by atoms with E-state index in [1.54, 1.807) is 0 Å². The molecule has 1 fully saturated rings. The molecule has 1 aromatic heterocycles. The molecule has 4 heteroatoms. The number of pyridine rings is 1. The van der Waals surface area contributed by atoms with Crippen LogP contribution < -0.4 is 10.2 Å². The molecule has 1 unspecified atom stereocenters. The minimum absolute atomic E-state index is 0.469. The number of ether oxygens (including phenoxy) is 1. The second kappa shape index (κ2) is 5.47. The number of likely N-dealkylation sites (N-methyl/N-ethyl adjacent to an activating group) is 1. The van der Waals surface area contributed by atoms with Gasteiger partial charge in [-0.05, 0) is 37.6 Å². The molecule has 1 aliphatic heterocycles. The first-order valence-corrected chi connectivity index (χ1v) is 6.13. The number of nitrogens with zero attached hydrogens (tertiary/aromatic N) is 2. The second-order valence-electron chi connectivity index (χ2n) is 4.64. The van der Waals surface area contributed by atoms with Crippen molar-refractivity contribution < 1.29 is 4.74 Å². The molecule has 0 spiro atoms. The van der Waals surface area contributed by atoms with Crippen molar-refractivity contribution in [1.29, 1.82) is 0 Å². The quantitative estimate of drug-likeness (QED) is 0.854. The van der Waals surface area contributed by atoms with E-state index < -0.39 is 0 Å². The van der Waals surface area contributed by atoms with Crippen LogP contribution in [0.5, 0.6) is 0 Å². The number of hydrogen-bond acceptors (Lipinski definition) is 4. The van der Waals surface area contributed by atoms with Crippen LogP contribution in [0.1, 0.15) is 17.5 Å². The molecule has 0 aliphatic carbocycles. The monoisotopic (exact) mass is 235 g/mol.